The van der Waals surface area contributed by atoms with Gasteiger partial charge in [-0.3, -0.25) is 14.9 Å². The van der Waals surface area contributed by atoms with Crippen molar-refractivity contribution in [3.8, 4) is 5.75 Å². The van der Waals surface area contributed by atoms with E-state index < -0.39 is 4.92 Å². The van der Waals surface area contributed by atoms with Crippen LogP contribution in [-0.2, 0) is 4.79 Å². The van der Waals surface area contributed by atoms with E-state index in [2.05, 4.69) is 31.1 Å². The maximum atomic E-state index is 12.9. The predicted molar refractivity (Wildman–Crippen MR) is 140 cm³/mol. The highest BCUT2D eigenvalue weighted by Crippen LogP contribution is 2.64. The summed E-state index contributed by atoms with van der Waals surface area (Å²) in [7, 11) is 2.34. The molecule has 1 aromatic rings. The molecule has 198 valence electrons. The van der Waals surface area contributed by atoms with E-state index in [9.17, 15) is 14.9 Å². The number of hydrogen-bond acceptors (Lipinski definition) is 5. The molecule has 0 aromatic heterocycles. The molecule has 1 N–H and O–H groups in total. The lowest BCUT2D eigenvalue weighted by Crippen LogP contribution is -2.60. The fraction of sp³-hybridized carbons (Fsp3) is 0.759. The zero-order chi connectivity index (χ0) is 25.5. The molecule has 36 heavy (non-hydrogen) atoms. The van der Waals surface area contributed by atoms with E-state index >= 15 is 0 Å². The Morgan fingerprint density at radius 2 is 1.89 bits per heavy atom. The number of nitrogens with one attached hydrogen (secondary N) is 1. The van der Waals surface area contributed by atoms with Crippen LogP contribution in [0, 0.1) is 38.7 Å². The fourth-order valence-electron chi connectivity index (χ4n) is 9.03. The molecule has 3 aliphatic carbocycles. The van der Waals surface area contributed by atoms with Gasteiger partial charge in [-0.15, -0.1) is 0 Å². The van der Waals surface area contributed by atoms with Gasteiger partial charge in [-0.1, -0.05) is 26.0 Å². The summed E-state index contributed by atoms with van der Waals surface area (Å²) < 4.78 is 5.62. The minimum atomic E-state index is -0.437. The fourth-order valence-corrected chi connectivity index (χ4v) is 9.03. The smallest absolute Gasteiger partial charge is 0.310 e. The second-order valence-electron chi connectivity index (χ2n) is 12.5. The van der Waals surface area contributed by atoms with Gasteiger partial charge in [-0.05, 0) is 106 Å². The number of carbonyl (C=O) groups is 1. The number of benzene rings is 1. The van der Waals surface area contributed by atoms with Gasteiger partial charge in [0.1, 0.15) is 0 Å². The van der Waals surface area contributed by atoms with Crippen molar-refractivity contribution in [2.24, 2.45) is 28.6 Å². The van der Waals surface area contributed by atoms with E-state index in [1.807, 2.05) is 0 Å². The normalized spacial score (nSPS) is 37.9. The average Bonchev–Trinajstić information content (AvgIpc) is 3.18. The Balaban J connectivity index is 1.15. The van der Waals surface area contributed by atoms with Crippen LogP contribution in [0.25, 0.3) is 0 Å². The number of para-hydroxylation sites is 2. The number of ether oxygens (including phenoxy) is 1. The van der Waals surface area contributed by atoms with Crippen molar-refractivity contribution in [1.29, 1.82) is 0 Å². The number of piperidine rings is 1. The van der Waals surface area contributed by atoms with E-state index in [1.54, 1.807) is 18.2 Å². The molecule has 5 rings (SSSR count). The lowest BCUT2D eigenvalue weighted by atomic mass is 9.47. The van der Waals surface area contributed by atoms with Crippen LogP contribution in [0.2, 0.25) is 0 Å². The summed E-state index contributed by atoms with van der Waals surface area (Å²) in [5.41, 5.74) is 0.610. The summed E-state index contributed by atoms with van der Waals surface area (Å²) in [4.78, 5) is 26.2. The van der Waals surface area contributed by atoms with E-state index in [1.165, 1.54) is 57.6 Å². The zero-order valence-corrected chi connectivity index (χ0v) is 22.2. The second kappa shape index (κ2) is 9.96. The maximum absolute atomic E-state index is 12.9. The van der Waals surface area contributed by atoms with Crippen molar-refractivity contribution in [2.45, 2.75) is 90.1 Å². The van der Waals surface area contributed by atoms with Gasteiger partial charge in [0, 0.05) is 24.6 Å². The Morgan fingerprint density at radius 3 is 2.69 bits per heavy atom. The molecule has 1 aliphatic heterocycles. The first-order valence-electron chi connectivity index (χ1n) is 14.1. The highest BCUT2D eigenvalue weighted by Gasteiger charge is 2.60. The highest BCUT2D eigenvalue weighted by atomic mass is 16.6. The number of carbonyl (C=O) groups excluding carboxylic acids is 1. The minimum Gasteiger partial charge on any atom is -0.487 e. The topological polar surface area (TPSA) is 84.7 Å². The summed E-state index contributed by atoms with van der Waals surface area (Å²) >= 11 is 0. The summed E-state index contributed by atoms with van der Waals surface area (Å²) in [5.74, 6) is 2.69. The van der Waals surface area contributed by atoms with Crippen LogP contribution in [-0.4, -0.2) is 48.0 Å². The molecule has 3 saturated carbocycles. The maximum Gasteiger partial charge on any atom is 0.310 e. The molecule has 7 atom stereocenters. The molecule has 7 heteroatoms. The summed E-state index contributed by atoms with van der Waals surface area (Å²) in [5, 5.41) is 14.6. The molecular formula is C29H43N3O4. The quantitative estimate of drug-likeness (QED) is 0.302. The van der Waals surface area contributed by atoms with E-state index in [0.29, 0.717) is 30.8 Å². The molecule has 1 unspecified atom stereocenters. The van der Waals surface area contributed by atoms with E-state index in [4.69, 9.17) is 4.74 Å². The largest absolute Gasteiger partial charge is 0.487 e. The molecule has 1 amide bonds. The molecular weight excluding hydrogens is 454 g/mol. The third kappa shape index (κ3) is 4.42. The van der Waals surface area contributed by atoms with Crippen LogP contribution >= 0.6 is 0 Å². The Kier molecular flexibility index (Phi) is 7.05. The number of amides is 1. The molecule has 1 heterocycles. The number of nitro groups is 1. The predicted octanol–water partition coefficient (Wildman–Crippen LogP) is 5.58. The standard InChI is InChI=1S/C29H43N3O4/c1-28-17-15-22-20(11-14-26-29(22,2)16-7-18-31(26)3)21(28)12-13-25(28)30-27(33)10-6-19-36-24-9-5-4-8-23(24)32(34)35/h4-5,8-9,20-22,25-26H,6-7,10-19H2,1-3H3,(H,30,33)/t20-,21-,22-,25?,26+,28-,29+/m0/s1. The molecule has 0 radical (unpaired) electrons. The molecule has 1 saturated heterocycles. The Hall–Kier alpha value is -2.15. The van der Waals surface area contributed by atoms with Crippen molar-refractivity contribution in [3.05, 3.63) is 34.4 Å². The first kappa shape index (κ1) is 25.5. The first-order chi connectivity index (χ1) is 17.2. The van der Waals surface area contributed by atoms with Gasteiger partial charge < -0.3 is 15.0 Å². The van der Waals surface area contributed by atoms with E-state index in [-0.39, 0.29) is 28.8 Å². The summed E-state index contributed by atoms with van der Waals surface area (Å²) in [6, 6.07) is 7.39. The van der Waals surface area contributed by atoms with Crippen molar-refractivity contribution >= 4 is 11.6 Å². The van der Waals surface area contributed by atoms with Gasteiger partial charge in [0.2, 0.25) is 5.91 Å². The van der Waals surface area contributed by atoms with Crippen LogP contribution in [0.3, 0.4) is 0 Å². The Labute approximate surface area is 215 Å². The number of nitro benzene ring substituents is 1. The van der Waals surface area contributed by atoms with Gasteiger partial charge in [0.25, 0.3) is 0 Å². The molecule has 0 spiro atoms. The van der Waals surface area contributed by atoms with Gasteiger partial charge in [0.05, 0.1) is 11.5 Å². The van der Waals surface area contributed by atoms with Crippen molar-refractivity contribution in [2.75, 3.05) is 20.2 Å². The summed E-state index contributed by atoms with van der Waals surface area (Å²) in [6.45, 7) is 6.58. The van der Waals surface area contributed by atoms with Crippen LogP contribution < -0.4 is 10.1 Å². The van der Waals surface area contributed by atoms with Crippen LogP contribution in [0.4, 0.5) is 5.69 Å². The van der Waals surface area contributed by atoms with Crippen LogP contribution in [0.15, 0.2) is 24.3 Å². The lowest BCUT2D eigenvalue weighted by molar-refractivity contribution is -0.385. The SMILES string of the molecule is CN1CCC[C@]2(C)[C@H]3CC[C@]4(C)C(NC(=O)CCCOc5ccccc5[N+](=O)[O-])CC[C@H]4[C@@H]3CC[C@@H]12. The molecule has 0 bridgehead atoms. The van der Waals surface area contributed by atoms with E-state index in [0.717, 1.165) is 24.3 Å². The number of hydrogen-bond donors (Lipinski definition) is 1. The molecule has 4 fully saturated rings. The Bertz CT molecular complexity index is 985. The molecule has 4 aliphatic rings. The lowest BCUT2D eigenvalue weighted by Gasteiger charge is -2.62. The average molecular weight is 498 g/mol. The summed E-state index contributed by atoms with van der Waals surface area (Å²) in [6.07, 6.45) is 11.2. The molecule has 1 aromatic carbocycles. The van der Waals surface area contributed by atoms with Crippen molar-refractivity contribution < 1.29 is 14.5 Å². The third-order valence-electron chi connectivity index (χ3n) is 10.8. The van der Waals surface area contributed by atoms with Gasteiger partial charge in [-0.25, -0.2) is 0 Å². The van der Waals surface area contributed by atoms with Crippen molar-refractivity contribution in [3.63, 3.8) is 0 Å². The van der Waals surface area contributed by atoms with Crippen LogP contribution in [0.5, 0.6) is 5.75 Å². The highest BCUT2D eigenvalue weighted by molar-refractivity contribution is 5.76. The minimum absolute atomic E-state index is 0.0368. The third-order valence-corrected chi connectivity index (χ3v) is 10.8. The van der Waals surface area contributed by atoms with Gasteiger partial charge in [-0.2, -0.15) is 0 Å². The first-order valence-corrected chi connectivity index (χ1v) is 14.1. The second-order valence-corrected chi connectivity index (χ2v) is 12.5. The number of rotatable bonds is 7. The monoisotopic (exact) mass is 497 g/mol. The number of fused-ring (bicyclic) bond motifs is 5. The van der Waals surface area contributed by atoms with Gasteiger partial charge >= 0.3 is 5.69 Å². The Morgan fingerprint density at radius 1 is 1.11 bits per heavy atom. The van der Waals surface area contributed by atoms with Crippen LogP contribution in [0.1, 0.15) is 78.1 Å². The van der Waals surface area contributed by atoms with Crippen molar-refractivity contribution in [1.82, 2.24) is 10.2 Å². The zero-order valence-electron chi connectivity index (χ0n) is 22.2. The van der Waals surface area contributed by atoms with Gasteiger partial charge in [0.15, 0.2) is 5.75 Å². The number of nitrogens with zero attached hydrogens (tertiary/aromatic N) is 2. The molecule has 7 nitrogen and oxygen atoms in total. The number of likely N-dealkylation sites (tertiary alicyclic amines) is 1.